The minimum absolute atomic E-state index is 0.221. The lowest BCUT2D eigenvalue weighted by Crippen LogP contribution is -2.62. The number of hydrogen-bond acceptors (Lipinski definition) is 6. The van der Waals surface area contributed by atoms with Gasteiger partial charge in [0.2, 0.25) is 17.7 Å². The summed E-state index contributed by atoms with van der Waals surface area (Å²) >= 11 is 0. The van der Waals surface area contributed by atoms with E-state index in [-0.39, 0.29) is 11.8 Å². The number of fused-ring (bicyclic) bond motifs is 10. The van der Waals surface area contributed by atoms with Crippen LogP contribution in [0.15, 0.2) is 91.1 Å². The summed E-state index contributed by atoms with van der Waals surface area (Å²) in [5.41, 5.74) is 2.24. The molecule has 5 atom stereocenters. The number of carbonyl (C=O) groups excluding carboxylic acids is 3. The highest BCUT2D eigenvalue weighted by atomic mass is 16.5. The second-order valence-corrected chi connectivity index (χ2v) is 11.2. The molecule has 9 nitrogen and oxygen atoms in total. The monoisotopic (exact) mass is 584 g/mol. The average molecular weight is 585 g/mol. The molecule has 0 aliphatic carbocycles. The molecule has 2 bridgehead atoms. The van der Waals surface area contributed by atoms with Gasteiger partial charge in [-0.1, -0.05) is 86.6 Å². The van der Waals surface area contributed by atoms with Crippen molar-refractivity contribution in [2.24, 2.45) is 5.92 Å². The van der Waals surface area contributed by atoms with Crippen LogP contribution in [0.1, 0.15) is 36.6 Å². The first-order chi connectivity index (χ1) is 20.6. The maximum atomic E-state index is 14.1. The Bertz CT molecular complexity index is 1390. The fourth-order valence-corrected chi connectivity index (χ4v) is 4.98. The summed E-state index contributed by atoms with van der Waals surface area (Å²) in [5.74, 6) is -1.33. The summed E-state index contributed by atoms with van der Waals surface area (Å²) in [6.45, 7) is 3.79. The molecule has 2 aliphatic rings. The molecule has 2 aliphatic heterocycles. The molecule has 0 fully saturated rings. The number of aliphatic hydroxyl groups is 1. The van der Waals surface area contributed by atoms with Gasteiger partial charge in [0.1, 0.15) is 30.0 Å². The number of aliphatic hydroxyl groups excluding tert-OH is 1. The van der Waals surface area contributed by atoms with E-state index in [9.17, 15) is 19.5 Å². The van der Waals surface area contributed by atoms with Gasteiger partial charge < -0.3 is 25.8 Å². The second-order valence-electron chi connectivity index (χ2n) is 11.2. The van der Waals surface area contributed by atoms with Gasteiger partial charge in [-0.2, -0.15) is 0 Å². The zero-order chi connectivity index (χ0) is 30.9. The summed E-state index contributed by atoms with van der Waals surface area (Å²) in [7, 11) is 3.62. The van der Waals surface area contributed by atoms with E-state index in [2.05, 4.69) is 16.0 Å². The average Bonchev–Trinajstić information content (AvgIpc) is 3.00. The molecular weight excluding hydrogens is 544 g/mol. The molecule has 1 unspecified atom stereocenters. The zero-order valence-corrected chi connectivity index (χ0v) is 24.9. The molecular formula is C34H40N4O5. The van der Waals surface area contributed by atoms with Crippen LogP contribution in [-0.4, -0.2) is 66.1 Å². The van der Waals surface area contributed by atoms with Crippen LogP contribution in [0.3, 0.4) is 0 Å². The molecule has 0 spiro atoms. The number of ether oxygens (including phenoxy) is 1. The van der Waals surface area contributed by atoms with E-state index in [4.69, 9.17) is 4.74 Å². The molecule has 43 heavy (non-hydrogen) atoms. The van der Waals surface area contributed by atoms with Crippen LogP contribution >= 0.6 is 0 Å². The molecule has 5 rings (SSSR count). The Morgan fingerprint density at radius 2 is 1.56 bits per heavy atom. The normalized spacial score (nSPS) is 21.2. The van der Waals surface area contributed by atoms with Crippen molar-refractivity contribution in [2.75, 3.05) is 14.1 Å². The van der Waals surface area contributed by atoms with E-state index in [0.29, 0.717) is 17.7 Å². The van der Waals surface area contributed by atoms with Gasteiger partial charge in [0.15, 0.2) is 0 Å². The first-order valence-electron chi connectivity index (χ1n) is 14.4. The summed E-state index contributed by atoms with van der Waals surface area (Å²) in [6.07, 6.45) is 1.44. The van der Waals surface area contributed by atoms with Crippen molar-refractivity contribution in [1.29, 1.82) is 0 Å². The highest BCUT2D eigenvalue weighted by molar-refractivity contribution is 5.94. The van der Waals surface area contributed by atoms with Gasteiger partial charge in [0.25, 0.3) is 0 Å². The second kappa shape index (κ2) is 14.6. The number of amides is 3. The summed E-state index contributed by atoms with van der Waals surface area (Å²) < 4.78 is 6.35. The van der Waals surface area contributed by atoms with Crippen LogP contribution in [0.5, 0.6) is 5.75 Å². The van der Waals surface area contributed by atoms with Crippen molar-refractivity contribution in [3.8, 4) is 5.75 Å². The van der Waals surface area contributed by atoms with Crippen molar-refractivity contribution in [3.63, 3.8) is 0 Å². The minimum Gasteiger partial charge on any atom is -0.487 e. The largest absolute Gasteiger partial charge is 0.487 e. The van der Waals surface area contributed by atoms with Gasteiger partial charge in [-0.15, -0.1) is 0 Å². The standard InChI is InChI=1S/C34H40N4O5/c1-22(2)31-29(37-32(40)27(38(3)4)21-24-11-7-5-8-12-24)34(42)36-28(30(39)25-13-9-6-10-14-25)33(41)35-20-19-23-15-17-26(43-31)18-16-23/h5-20,22,27-31,39H,21H2,1-4H3,(H,35,41)(H,36,42)(H,37,40)/b20-19-/t27-,28-,29-,30?,31-/m0/s1. The Hall–Kier alpha value is -4.47. The van der Waals surface area contributed by atoms with E-state index >= 15 is 0 Å². The number of carbonyl (C=O) groups is 3. The van der Waals surface area contributed by atoms with E-state index in [0.717, 1.165) is 11.1 Å². The van der Waals surface area contributed by atoms with Gasteiger partial charge in [0, 0.05) is 6.20 Å². The fraction of sp³-hybridized carbons (Fsp3) is 0.324. The lowest BCUT2D eigenvalue weighted by Gasteiger charge is -2.34. The van der Waals surface area contributed by atoms with Crippen molar-refractivity contribution in [2.45, 2.75) is 50.6 Å². The number of rotatable bonds is 8. The number of nitrogens with zero attached hydrogens (tertiary/aromatic N) is 1. The highest BCUT2D eigenvalue weighted by Crippen LogP contribution is 2.22. The molecule has 0 radical (unpaired) electrons. The number of hydrogen-bond donors (Lipinski definition) is 4. The van der Waals surface area contributed by atoms with Gasteiger partial charge >= 0.3 is 0 Å². The van der Waals surface area contributed by atoms with E-state index in [1.807, 2.05) is 70.4 Å². The maximum absolute atomic E-state index is 14.1. The third kappa shape index (κ3) is 8.30. The summed E-state index contributed by atoms with van der Waals surface area (Å²) in [6, 6.07) is 22.3. The summed E-state index contributed by atoms with van der Waals surface area (Å²) in [5, 5.41) is 19.6. The zero-order valence-electron chi connectivity index (χ0n) is 24.9. The lowest BCUT2D eigenvalue weighted by atomic mass is 9.95. The van der Waals surface area contributed by atoms with Crippen molar-refractivity contribution < 1.29 is 24.2 Å². The molecule has 0 saturated heterocycles. The predicted octanol–water partition coefficient (Wildman–Crippen LogP) is 3.07. The molecule has 226 valence electrons. The Morgan fingerprint density at radius 3 is 2.16 bits per heavy atom. The lowest BCUT2D eigenvalue weighted by molar-refractivity contribution is -0.137. The van der Waals surface area contributed by atoms with Crippen LogP contribution in [0.25, 0.3) is 6.08 Å². The first-order valence-corrected chi connectivity index (χ1v) is 14.4. The van der Waals surface area contributed by atoms with E-state index < -0.39 is 42.1 Å². The summed E-state index contributed by atoms with van der Waals surface area (Å²) in [4.78, 5) is 43.1. The van der Waals surface area contributed by atoms with Crippen molar-refractivity contribution >= 4 is 23.8 Å². The quantitative estimate of drug-likeness (QED) is 0.323. The highest BCUT2D eigenvalue weighted by Gasteiger charge is 2.39. The Labute approximate surface area is 252 Å². The molecule has 4 N–H and O–H groups in total. The number of nitrogens with one attached hydrogen (secondary N) is 3. The molecule has 3 amide bonds. The van der Waals surface area contributed by atoms with Gasteiger partial charge in [-0.05, 0) is 61.3 Å². The van der Waals surface area contributed by atoms with E-state index in [1.165, 1.54) is 6.20 Å². The van der Waals surface area contributed by atoms with Crippen molar-refractivity contribution in [3.05, 3.63) is 108 Å². The van der Waals surface area contributed by atoms with Gasteiger partial charge in [-0.3, -0.25) is 19.3 Å². The van der Waals surface area contributed by atoms with Crippen LogP contribution < -0.4 is 20.7 Å². The molecule has 2 heterocycles. The number of likely N-dealkylation sites (N-methyl/N-ethyl adjacent to an activating group) is 1. The third-order valence-electron chi connectivity index (χ3n) is 7.45. The molecule has 9 heteroatoms. The van der Waals surface area contributed by atoms with Crippen LogP contribution in [-0.2, 0) is 20.8 Å². The van der Waals surface area contributed by atoms with Crippen molar-refractivity contribution in [1.82, 2.24) is 20.9 Å². The van der Waals surface area contributed by atoms with Crippen LogP contribution in [0.4, 0.5) is 0 Å². The van der Waals surface area contributed by atoms with Crippen LogP contribution in [0, 0.1) is 5.92 Å². The Balaban J connectivity index is 1.72. The predicted molar refractivity (Wildman–Crippen MR) is 166 cm³/mol. The molecule has 0 aromatic heterocycles. The molecule has 0 saturated carbocycles. The number of benzene rings is 3. The fourth-order valence-electron chi connectivity index (χ4n) is 4.98. The maximum Gasteiger partial charge on any atom is 0.249 e. The third-order valence-corrected chi connectivity index (χ3v) is 7.45. The Morgan fingerprint density at radius 1 is 0.930 bits per heavy atom. The molecule has 3 aromatic carbocycles. The topological polar surface area (TPSA) is 120 Å². The molecule has 3 aromatic rings. The van der Waals surface area contributed by atoms with Gasteiger partial charge in [-0.25, -0.2) is 0 Å². The minimum atomic E-state index is -1.36. The van der Waals surface area contributed by atoms with E-state index in [1.54, 1.807) is 53.4 Å². The smallest absolute Gasteiger partial charge is 0.249 e. The SMILES string of the molecule is CC(C)[C@@H]1Oc2ccc(cc2)/C=C\NC(=O)[C@H](C(O)c2ccccc2)NC(=O)[C@H]1NC(=O)[C@H](Cc1ccccc1)N(C)C. The first kappa shape index (κ1) is 31.5. The Kier molecular flexibility index (Phi) is 10.7. The van der Waals surface area contributed by atoms with Crippen LogP contribution in [0.2, 0.25) is 0 Å². The van der Waals surface area contributed by atoms with Gasteiger partial charge in [0.05, 0.1) is 6.04 Å².